The van der Waals surface area contributed by atoms with E-state index < -0.39 is 16.9 Å². The highest BCUT2D eigenvalue weighted by atomic mass is 32.1. The van der Waals surface area contributed by atoms with E-state index in [-0.39, 0.29) is 24.5 Å². The molecule has 0 N–H and O–H groups in total. The summed E-state index contributed by atoms with van der Waals surface area (Å²) in [4.78, 5) is 42.2. The number of hydrogen-bond acceptors (Lipinski definition) is 8. The first-order chi connectivity index (χ1) is 19.4. The van der Waals surface area contributed by atoms with E-state index >= 15 is 0 Å². The fraction of sp³-hybridized carbons (Fsp3) is 0.167. The number of rotatable bonds is 8. The predicted molar refractivity (Wildman–Crippen MR) is 151 cm³/mol. The number of hydrogen-bond donors (Lipinski definition) is 0. The first kappa shape index (κ1) is 26.8. The van der Waals surface area contributed by atoms with Crippen molar-refractivity contribution in [3.63, 3.8) is 0 Å². The number of carbonyl (C=O) groups excluding carboxylic acids is 1. The van der Waals surface area contributed by atoms with Crippen LogP contribution in [0, 0.1) is 10.1 Å². The van der Waals surface area contributed by atoms with Gasteiger partial charge in [0.15, 0.2) is 4.80 Å². The quantitative estimate of drug-likeness (QED) is 0.182. The van der Waals surface area contributed by atoms with Crippen LogP contribution in [0.3, 0.4) is 0 Å². The number of nitrogens with zero attached hydrogens (tertiary/aromatic N) is 3. The van der Waals surface area contributed by atoms with Gasteiger partial charge in [-0.05, 0) is 60.9 Å². The molecule has 0 amide bonds. The van der Waals surface area contributed by atoms with Crippen molar-refractivity contribution < 1.29 is 19.2 Å². The Morgan fingerprint density at radius 2 is 1.85 bits per heavy atom. The predicted octanol–water partition coefficient (Wildman–Crippen LogP) is 4.29. The number of thiazole rings is 1. The second kappa shape index (κ2) is 11.5. The summed E-state index contributed by atoms with van der Waals surface area (Å²) in [5, 5.41) is 10.9. The highest BCUT2D eigenvalue weighted by Gasteiger charge is 2.33. The van der Waals surface area contributed by atoms with Crippen LogP contribution < -0.4 is 19.6 Å². The summed E-state index contributed by atoms with van der Waals surface area (Å²) in [7, 11) is 0. The Morgan fingerprint density at radius 1 is 1.10 bits per heavy atom. The lowest BCUT2D eigenvalue weighted by Crippen LogP contribution is -2.39. The molecule has 1 aliphatic rings. The molecule has 0 spiro atoms. The van der Waals surface area contributed by atoms with Crippen molar-refractivity contribution in [3.8, 4) is 5.75 Å². The zero-order chi connectivity index (χ0) is 28.2. The van der Waals surface area contributed by atoms with Crippen LogP contribution in [0.2, 0.25) is 0 Å². The maximum atomic E-state index is 13.7. The average molecular weight is 556 g/mol. The average Bonchev–Trinajstić information content (AvgIpc) is 3.26. The van der Waals surface area contributed by atoms with E-state index in [4.69, 9.17) is 9.47 Å². The van der Waals surface area contributed by atoms with Gasteiger partial charge in [-0.25, -0.2) is 9.79 Å². The minimum atomic E-state index is -0.657. The normalized spacial score (nSPS) is 14.8. The lowest BCUT2D eigenvalue weighted by Gasteiger charge is -2.24. The molecule has 2 heterocycles. The summed E-state index contributed by atoms with van der Waals surface area (Å²) in [5.74, 6) is 0.0900. The molecule has 0 radical (unpaired) electrons. The number of nitro groups is 1. The minimum absolute atomic E-state index is 0.0197. The SMILES string of the molecule is CCOC(=O)C1=C(C)N=c2s/c(=C\c3cccc(OCc4ccc([N+](=O)[O-])cc4)c3)c(=O)n2[C@@H]1c1ccccc1. The van der Waals surface area contributed by atoms with Gasteiger partial charge >= 0.3 is 5.97 Å². The number of benzene rings is 3. The summed E-state index contributed by atoms with van der Waals surface area (Å²) in [6, 6.07) is 22.2. The molecule has 3 aromatic carbocycles. The molecule has 40 heavy (non-hydrogen) atoms. The first-order valence-electron chi connectivity index (χ1n) is 12.6. The van der Waals surface area contributed by atoms with Gasteiger partial charge < -0.3 is 9.47 Å². The molecule has 9 nitrogen and oxygen atoms in total. The highest BCUT2D eigenvalue weighted by Crippen LogP contribution is 2.30. The molecule has 10 heteroatoms. The third-order valence-corrected chi connectivity index (χ3v) is 7.32. The fourth-order valence-corrected chi connectivity index (χ4v) is 5.51. The monoisotopic (exact) mass is 555 g/mol. The van der Waals surface area contributed by atoms with Gasteiger partial charge in [0, 0.05) is 12.1 Å². The van der Waals surface area contributed by atoms with Gasteiger partial charge in [-0.15, -0.1) is 0 Å². The van der Waals surface area contributed by atoms with Crippen LogP contribution in [0.15, 0.2) is 99.9 Å². The van der Waals surface area contributed by atoms with Gasteiger partial charge in [0.25, 0.3) is 11.2 Å². The van der Waals surface area contributed by atoms with Crippen LogP contribution in [0.1, 0.15) is 36.6 Å². The molecular weight excluding hydrogens is 530 g/mol. The van der Waals surface area contributed by atoms with Crippen LogP contribution in [-0.4, -0.2) is 22.1 Å². The van der Waals surface area contributed by atoms with Crippen LogP contribution in [0.4, 0.5) is 5.69 Å². The molecule has 0 saturated heterocycles. The number of fused-ring (bicyclic) bond motifs is 1. The summed E-state index contributed by atoms with van der Waals surface area (Å²) in [5.41, 5.74) is 2.95. The molecule has 0 fully saturated rings. The van der Waals surface area contributed by atoms with Gasteiger partial charge in [0.2, 0.25) is 0 Å². The molecule has 0 aliphatic carbocycles. The largest absolute Gasteiger partial charge is 0.489 e. The standard InChI is InChI=1S/C30H25N3O6S/c1-3-38-29(35)26-19(2)31-30-32(27(26)22-9-5-4-6-10-22)28(34)25(40-30)17-21-8-7-11-24(16-21)39-18-20-12-14-23(15-13-20)33(36)37/h4-17,27H,3,18H2,1-2H3/b25-17-/t27-/m1/s1. The number of allylic oxidation sites excluding steroid dienone is 1. The van der Waals surface area contributed by atoms with Gasteiger partial charge in [-0.2, -0.15) is 0 Å². The second-order valence-corrected chi connectivity index (χ2v) is 10.0. The van der Waals surface area contributed by atoms with Crippen molar-refractivity contribution >= 4 is 29.1 Å². The Balaban J connectivity index is 1.48. The molecule has 0 bridgehead atoms. The maximum absolute atomic E-state index is 13.7. The van der Waals surface area contributed by atoms with E-state index in [1.54, 1.807) is 42.7 Å². The van der Waals surface area contributed by atoms with Crippen LogP contribution in [0.25, 0.3) is 6.08 Å². The van der Waals surface area contributed by atoms with E-state index in [9.17, 15) is 19.7 Å². The Kier molecular flexibility index (Phi) is 7.70. The molecule has 1 aliphatic heterocycles. The summed E-state index contributed by atoms with van der Waals surface area (Å²) in [6.45, 7) is 3.94. The number of aromatic nitrogens is 1. The number of esters is 1. The summed E-state index contributed by atoms with van der Waals surface area (Å²) < 4.78 is 13.2. The zero-order valence-electron chi connectivity index (χ0n) is 21.8. The topological polar surface area (TPSA) is 113 Å². The zero-order valence-corrected chi connectivity index (χ0v) is 22.6. The third-order valence-electron chi connectivity index (χ3n) is 6.34. The maximum Gasteiger partial charge on any atom is 0.338 e. The number of non-ortho nitro benzene ring substituents is 1. The van der Waals surface area contributed by atoms with Gasteiger partial charge in [0.05, 0.1) is 33.4 Å². The van der Waals surface area contributed by atoms with Crippen molar-refractivity contribution in [2.75, 3.05) is 6.61 Å². The highest BCUT2D eigenvalue weighted by molar-refractivity contribution is 7.07. The van der Waals surface area contributed by atoms with Gasteiger partial charge in [-0.3, -0.25) is 19.5 Å². The molecule has 5 rings (SSSR count). The van der Waals surface area contributed by atoms with Crippen LogP contribution in [-0.2, 0) is 16.1 Å². The van der Waals surface area contributed by atoms with E-state index in [1.807, 2.05) is 48.5 Å². The molecule has 202 valence electrons. The molecular formula is C30H25N3O6S. The molecule has 0 unspecified atom stereocenters. The number of nitro benzene ring substituents is 1. The molecule has 0 saturated carbocycles. The molecule has 1 aromatic heterocycles. The third kappa shape index (κ3) is 5.48. The number of ether oxygens (including phenoxy) is 2. The van der Waals surface area contributed by atoms with Crippen molar-refractivity contribution in [3.05, 3.63) is 137 Å². The van der Waals surface area contributed by atoms with E-state index in [0.29, 0.717) is 26.4 Å². The summed E-state index contributed by atoms with van der Waals surface area (Å²) >= 11 is 1.25. The molecule has 4 aromatic rings. The van der Waals surface area contributed by atoms with Crippen molar-refractivity contribution in [2.45, 2.75) is 26.5 Å². The van der Waals surface area contributed by atoms with E-state index in [1.165, 1.54) is 23.5 Å². The lowest BCUT2D eigenvalue weighted by molar-refractivity contribution is -0.384. The Morgan fingerprint density at radius 3 is 2.55 bits per heavy atom. The molecule has 1 atom stereocenters. The van der Waals surface area contributed by atoms with E-state index in [2.05, 4.69) is 4.99 Å². The van der Waals surface area contributed by atoms with Crippen molar-refractivity contribution in [2.24, 2.45) is 4.99 Å². The van der Waals surface area contributed by atoms with Crippen molar-refractivity contribution in [1.29, 1.82) is 0 Å². The second-order valence-electron chi connectivity index (χ2n) is 9.00. The van der Waals surface area contributed by atoms with E-state index in [0.717, 1.165) is 16.7 Å². The first-order valence-corrected chi connectivity index (χ1v) is 13.4. The fourth-order valence-electron chi connectivity index (χ4n) is 4.47. The number of carbonyl (C=O) groups is 1. The smallest absolute Gasteiger partial charge is 0.338 e. The lowest BCUT2D eigenvalue weighted by atomic mass is 9.96. The Labute approximate surface area is 233 Å². The Hall–Kier alpha value is -4.83. The summed E-state index contributed by atoms with van der Waals surface area (Å²) in [6.07, 6.45) is 1.77. The van der Waals surface area contributed by atoms with Gasteiger partial charge in [-0.1, -0.05) is 53.8 Å². The minimum Gasteiger partial charge on any atom is -0.489 e. The van der Waals surface area contributed by atoms with Gasteiger partial charge in [0.1, 0.15) is 12.4 Å². The van der Waals surface area contributed by atoms with Crippen LogP contribution >= 0.6 is 11.3 Å². The Bertz CT molecular complexity index is 1790. The van der Waals surface area contributed by atoms with Crippen molar-refractivity contribution in [1.82, 2.24) is 4.57 Å². The van der Waals surface area contributed by atoms with Crippen LogP contribution in [0.5, 0.6) is 5.75 Å².